The van der Waals surface area contributed by atoms with Crippen molar-refractivity contribution in [1.82, 2.24) is 9.80 Å². The van der Waals surface area contributed by atoms with Crippen molar-refractivity contribution in [3.8, 4) is 5.75 Å². The molecule has 26 heavy (non-hydrogen) atoms. The Labute approximate surface area is 151 Å². The normalized spacial score (nSPS) is 16.8. The molecular formula is C19H21FN2O4. The fraction of sp³-hybridized carbons (Fsp3) is 0.368. The summed E-state index contributed by atoms with van der Waals surface area (Å²) in [6, 6.07) is 9.30. The molecule has 1 atom stereocenters. The Morgan fingerprint density at radius 2 is 2.12 bits per heavy atom. The highest BCUT2D eigenvalue weighted by molar-refractivity contribution is 5.89. The topological polar surface area (TPSA) is 63.0 Å². The second-order valence-electron chi connectivity index (χ2n) is 6.32. The van der Waals surface area contributed by atoms with Gasteiger partial charge < -0.3 is 19.0 Å². The predicted molar refractivity (Wildman–Crippen MR) is 91.8 cm³/mol. The summed E-state index contributed by atoms with van der Waals surface area (Å²) in [7, 11) is 1.69. The number of halogens is 1. The van der Waals surface area contributed by atoms with Gasteiger partial charge in [-0.15, -0.1) is 0 Å². The highest BCUT2D eigenvalue weighted by Crippen LogP contribution is 2.22. The van der Waals surface area contributed by atoms with E-state index in [1.807, 2.05) is 0 Å². The maximum absolute atomic E-state index is 12.9. The molecule has 6 nitrogen and oxygen atoms in total. The molecule has 0 bridgehead atoms. The Morgan fingerprint density at radius 1 is 1.35 bits per heavy atom. The second kappa shape index (κ2) is 8.03. The van der Waals surface area contributed by atoms with Crippen LogP contribution in [0.25, 0.3) is 0 Å². The van der Waals surface area contributed by atoms with E-state index >= 15 is 0 Å². The first-order valence-electron chi connectivity index (χ1n) is 8.46. The highest BCUT2D eigenvalue weighted by atomic mass is 19.1. The molecule has 0 spiro atoms. The molecule has 1 aromatic carbocycles. The van der Waals surface area contributed by atoms with Gasteiger partial charge in [0.1, 0.15) is 23.9 Å². The summed E-state index contributed by atoms with van der Waals surface area (Å²) >= 11 is 0. The third kappa shape index (κ3) is 4.41. The molecule has 1 aromatic heterocycles. The minimum atomic E-state index is -0.353. The van der Waals surface area contributed by atoms with E-state index in [2.05, 4.69) is 0 Å². The molecule has 2 aromatic rings. The van der Waals surface area contributed by atoms with Crippen molar-refractivity contribution in [3.63, 3.8) is 0 Å². The average molecular weight is 360 g/mol. The molecule has 0 N–H and O–H groups in total. The van der Waals surface area contributed by atoms with Crippen molar-refractivity contribution in [2.24, 2.45) is 5.92 Å². The Bertz CT molecular complexity index is 745. The van der Waals surface area contributed by atoms with Crippen molar-refractivity contribution < 1.29 is 23.1 Å². The molecule has 3 rings (SSSR count). The van der Waals surface area contributed by atoms with Crippen LogP contribution in [-0.2, 0) is 16.1 Å². The van der Waals surface area contributed by atoms with Crippen molar-refractivity contribution in [3.05, 3.63) is 54.2 Å². The fourth-order valence-electron chi connectivity index (χ4n) is 2.93. The van der Waals surface area contributed by atoms with Gasteiger partial charge in [0.2, 0.25) is 11.8 Å². The molecule has 1 aliphatic heterocycles. The maximum atomic E-state index is 12.9. The van der Waals surface area contributed by atoms with Crippen molar-refractivity contribution >= 4 is 11.8 Å². The van der Waals surface area contributed by atoms with Crippen LogP contribution in [0.3, 0.4) is 0 Å². The molecule has 0 radical (unpaired) electrons. The zero-order valence-electron chi connectivity index (χ0n) is 14.6. The van der Waals surface area contributed by atoms with Gasteiger partial charge >= 0.3 is 0 Å². The lowest BCUT2D eigenvalue weighted by atomic mass is 10.1. The van der Waals surface area contributed by atoms with Crippen LogP contribution in [0, 0.1) is 11.7 Å². The van der Waals surface area contributed by atoms with Gasteiger partial charge in [-0.1, -0.05) is 0 Å². The summed E-state index contributed by atoms with van der Waals surface area (Å²) in [5.74, 6) is 0.446. The van der Waals surface area contributed by atoms with Crippen LogP contribution in [0.2, 0.25) is 0 Å². The SMILES string of the molecule is CN(CCOc1ccc(F)cc1)C(=O)C1CC(=O)N(Cc2ccco2)C1. The van der Waals surface area contributed by atoms with E-state index in [4.69, 9.17) is 9.15 Å². The zero-order valence-corrected chi connectivity index (χ0v) is 14.6. The van der Waals surface area contributed by atoms with Crippen LogP contribution in [0.1, 0.15) is 12.2 Å². The second-order valence-corrected chi connectivity index (χ2v) is 6.32. The fourth-order valence-corrected chi connectivity index (χ4v) is 2.93. The minimum Gasteiger partial charge on any atom is -0.492 e. The van der Waals surface area contributed by atoms with Gasteiger partial charge in [-0.3, -0.25) is 9.59 Å². The molecule has 0 aliphatic carbocycles. The standard InChI is InChI=1S/C19H21FN2O4/c1-21(8-10-26-16-6-4-15(20)5-7-16)19(24)14-11-18(23)22(12-14)13-17-3-2-9-25-17/h2-7,9,14H,8,10-13H2,1H3. The summed E-state index contributed by atoms with van der Waals surface area (Å²) in [5.41, 5.74) is 0. The van der Waals surface area contributed by atoms with Crippen molar-refractivity contribution in [2.75, 3.05) is 26.7 Å². The number of nitrogens with zero attached hydrogens (tertiary/aromatic N) is 2. The number of amides is 2. The summed E-state index contributed by atoms with van der Waals surface area (Å²) in [6.07, 6.45) is 1.77. The minimum absolute atomic E-state index is 0.0456. The number of carbonyl (C=O) groups is 2. The lowest BCUT2D eigenvalue weighted by molar-refractivity contribution is -0.134. The van der Waals surface area contributed by atoms with Crippen LogP contribution >= 0.6 is 0 Å². The van der Waals surface area contributed by atoms with Crippen LogP contribution in [-0.4, -0.2) is 48.4 Å². The van der Waals surface area contributed by atoms with Crippen LogP contribution in [0.15, 0.2) is 47.1 Å². The quantitative estimate of drug-likeness (QED) is 0.760. The third-order valence-electron chi connectivity index (χ3n) is 4.38. The molecule has 2 heterocycles. The van der Waals surface area contributed by atoms with Gasteiger partial charge in [0.25, 0.3) is 0 Å². The summed E-state index contributed by atoms with van der Waals surface area (Å²) in [6.45, 7) is 1.46. The number of furan rings is 1. The number of hydrogen-bond donors (Lipinski definition) is 0. The zero-order chi connectivity index (χ0) is 18.5. The van der Waals surface area contributed by atoms with E-state index in [-0.39, 0.29) is 30.0 Å². The average Bonchev–Trinajstić information content (AvgIpc) is 3.26. The number of likely N-dealkylation sites (tertiary alicyclic amines) is 1. The summed E-state index contributed by atoms with van der Waals surface area (Å²) < 4.78 is 23.6. The largest absolute Gasteiger partial charge is 0.492 e. The first-order chi connectivity index (χ1) is 12.5. The molecule has 1 aliphatic rings. The third-order valence-corrected chi connectivity index (χ3v) is 4.38. The maximum Gasteiger partial charge on any atom is 0.227 e. The molecule has 1 saturated heterocycles. The van der Waals surface area contributed by atoms with Crippen LogP contribution < -0.4 is 4.74 Å². The van der Waals surface area contributed by atoms with Crippen molar-refractivity contribution in [2.45, 2.75) is 13.0 Å². The first-order valence-corrected chi connectivity index (χ1v) is 8.46. The van der Waals surface area contributed by atoms with Gasteiger partial charge in [0.15, 0.2) is 0 Å². The summed E-state index contributed by atoms with van der Waals surface area (Å²) in [5, 5.41) is 0. The Hall–Kier alpha value is -2.83. The van der Waals surface area contributed by atoms with E-state index in [1.165, 1.54) is 12.1 Å². The molecule has 1 fully saturated rings. The van der Waals surface area contributed by atoms with Crippen LogP contribution in [0.5, 0.6) is 5.75 Å². The number of ether oxygens (including phenoxy) is 1. The number of likely N-dealkylation sites (N-methyl/N-ethyl adjacent to an activating group) is 1. The lowest BCUT2D eigenvalue weighted by Gasteiger charge is -2.21. The molecular weight excluding hydrogens is 339 g/mol. The Balaban J connectivity index is 1.46. The van der Waals surface area contributed by atoms with E-state index in [1.54, 1.807) is 47.4 Å². The van der Waals surface area contributed by atoms with Crippen molar-refractivity contribution in [1.29, 1.82) is 0 Å². The van der Waals surface area contributed by atoms with Gasteiger partial charge in [0, 0.05) is 20.0 Å². The monoisotopic (exact) mass is 360 g/mol. The number of carbonyl (C=O) groups excluding carboxylic acids is 2. The number of benzene rings is 1. The van der Waals surface area contributed by atoms with Crippen LogP contribution in [0.4, 0.5) is 4.39 Å². The first kappa shape index (κ1) is 18.0. The molecule has 2 amide bonds. The van der Waals surface area contributed by atoms with E-state index in [0.29, 0.717) is 37.8 Å². The Kier molecular flexibility index (Phi) is 5.55. The molecule has 0 saturated carbocycles. The van der Waals surface area contributed by atoms with E-state index in [9.17, 15) is 14.0 Å². The lowest BCUT2D eigenvalue weighted by Crippen LogP contribution is -2.37. The van der Waals surface area contributed by atoms with Gasteiger partial charge in [-0.2, -0.15) is 0 Å². The highest BCUT2D eigenvalue weighted by Gasteiger charge is 2.35. The van der Waals surface area contributed by atoms with E-state index in [0.717, 1.165) is 0 Å². The molecule has 138 valence electrons. The molecule has 1 unspecified atom stereocenters. The number of hydrogen-bond acceptors (Lipinski definition) is 4. The van der Waals surface area contributed by atoms with E-state index < -0.39 is 0 Å². The number of rotatable bonds is 7. The molecule has 7 heteroatoms. The van der Waals surface area contributed by atoms with Gasteiger partial charge in [-0.05, 0) is 36.4 Å². The Morgan fingerprint density at radius 3 is 2.81 bits per heavy atom. The van der Waals surface area contributed by atoms with Gasteiger partial charge in [0.05, 0.1) is 25.3 Å². The smallest absolute Gasteiger partial charge is 0.227 e. The summed E-state index contributed by atoms with van der Waals surface area (Å²) in [4.78, 5) is 27.9. The van der Waals surface area contributed by atoms with Gasteiger partial charge in [-0.25, -0.2) is 4.39 Å². The predicted octanol–water partition coefficient (Wildman–Crippen LogP) is 2.30.